The van der Waals surface area contributed by atoms with Gasteiger partial charge >= 0.3 is 6.03 Å². The van der Waals surface area contributed by atoms with Crippen molar-refractivity contribution in [3.8, 4) is 5.69 Å². The molecule has 0 aliphatic carbocycles. The van der Waals surface area contributed by atoms with E-state index in [1.807, 2.05) is 40.9 Å². The maximum Gasteiger partial charge on any atom is 0.321 e. The van der Waals surface area contributed by atoms with Gasteiger partial charge in [0, 0.05) is 29.3 Å². The Kier molecular flexibility index (Phi) is 5.08. The molecule has 1 aromatic carbocycles. The zero-order valence-corrected chi connectivity index (χ0v) is 14.9. The van der Waals surface area contributed by atoms with Gasteiger partial charge in [-0.05, 0) is 37.1 Å². The smallest absolute Gasteiger partial charge is 0.321 e. The third-order valence-electron chi connectivity index (χ3n) is 4.63. The minimum atomic E-state index is -0.0184. The first-order chi connectivity index (χ1) is 11.7. The summed E-state index contributed by atoms with van der Waals surface area (Å²) in [6.07, 6.45) is 5.32. The molecule has 1 aromatic heterocycles. The van der Waals surface area contributed by atoms with Gasteiger partial charge in [-0.1, -0.05) is 13.8 Å². The zero-order valence-electron chi connectivity index (χ0n) is 14.1. The maximum atomic E-state index is 12.6. The number of nitrogens with zero attached hydrogens (tertiary/aromatic N) is 4. The molecule has 2 amide bonds. The number of hydrogen-bond donors (Lipinski definition) is 1. The van der Waals surface area contributed by atoms with Gasteiger partial charge < -0.3 is 10.2 Å². The van der Waals surface area contributed by atoms with Crippen molar-refractivity contribution in [2.45, 2.75) is 31.4 Å². The molecule has 0 saturated carbocycles. The van der Waals surface area contributed by atoms with Crippen molar-refractivity contribution in [2.75, 3.05) is 24.2 Å². The number of aromatic nitrogens is 3. The Labute approximate surface area is 146 Å². The highest BCUT2D eigenvalue weighted by atomic mass is 32.2. The van der Waals surface area contributed by atoms with Crippen LogP contribution in [-0.4, -0.2) is 49.3 Å². The number of benzene rings is 1. The van der Waals surface area contributed by atoms with Crippen molar-refractivity contribution in [1.82, 2.24) is 19.7 Å². The van der Waals surface area contributed by atoms with Gasteiger partial charge in [0.1, 0.15) is 12.7 Å². The van der Waals surface area contributed by atoms with Crippen LogP contribution in [0.3, 0.4) is 0 Å². The molecule has 0 atom stereocenters. The van der Waals surface area contributed by atoms with Crippen LogP contribution in [0.15, 0.2) is 36.9 Å². The molecule has 7 heteroatoms. The first-order valence-corrected chi connectivity index (χ1v) is 9.29. The van der Waals surface area contributed by atoms with Crippen LogP contribution in [0.5, 0.6) is 0 Å². The van der Waals surface area contributed by atoms with Gasteiger partial charge in [0.2, 0.25) is 0 Å². The molecule has 2 heterocycles. The van der Waals surface area contributed by atoms with Gasteiger partial charge in [-0.15, -0.1) is 0 Å². The fraction of sp³-hybridized carbons (Fsp3) is 0.471. The highest BCUT2D eigenvalue weighted by Crippen LogP contribution is 2.36. The second-order valence-corrected chi connectivity index (χ2v) is 7.54. The van der Waals surface area contributed by atoms with Crippen molar-refractivity contribution in [3.63, 3.8) is 0 Å². The zero-order chi connectivity index (χ0) is 17.0. The predicted octanol–water partition coefficient (Wildman–Crippen LogP) is 3.41. The van der Waals surface area contributed by atoms with Crippen LogP contribution in [0.2, 0.25) is 0 Å². The van der Waals surface area contributed by atoms with Gasteiger partial charge in [0.05, 0.1) is 5.69 Å². The average Bonchev–Trinajstić information content (AvgIpc) is 3.17. The largest absolute Gasteiger partial charge is 0.322 e. The molecule has 0 bridgehead atoms. The van der Waals surface area contributed by atoms with Gasteiger partial charge in [0.15, 0.2) is 0 Å². The van der Waals surface area contributed by atoms with Crippen molar-refractivity contribution in [3.05, 3.63) is 36.9 Å². The van der Waals surface area contributed by atoms with E-state index in [1.165, 1.54) is 6.33 Å². The van der Waals surface area contributed by atoms with E-state index >= 15 is 0 Å². The Bertz CT molecular complexity index is 667. The van der Waals surface area contributed by atoms with Gasteiger partial charge in [-0.2, -0.15) is 16.9 Å². The highest BCUT2D eigenvalue weighted by molar-refractivity contribution is 8.00. The Hall–Kier alpha value is -2.02. The van der Waals surface area contributed by atoms with E-state index in [1.54, 1.807) is 11.0 Å². The Balaban J connectivity index is 1.64. The first-order valence-electron chi connectivity index (χ1n) is 8.31. The van der Waals surface area contributed by atoms with Crippen molar-refractivity contribution in [2.24, 2.45) is 0 Å². The van der Waals surface area contributed by atoms with Crippen molar-refractivity contribution < 1.29 is 4.79 Å². The van der Waals surface area contributed by atoms with E-state index in [9.17, 15) is 4.79 Å². The summed E-state index contributed by atoms with van der Waals surface area (Å²) < 4.78 is 1.89. The molecule has 2 aromatic rings. The van der Waals surface area contributed by atoms with Crippen LogP contribution in [0.1, 0.15) is 26.7 Å². The fourth-order valence-electron chi connectivity index (χ4n) is 2.94. The molecule has 1 aliphatic rings. The van der Waals surface area contributed by atoms with Gasteiger partial charge in [0.25, 0.3) is 0 Å². The van der Waals surface area contributed by atoms with Crippen LogP contribution < -0.4 is 5.32 Å². The molecule has 1 saturated heterocycles. The first kappa shape index (κ1) is 16.8. The topological polar surface area (TPSA) is 63.1 Å². The quantitative estimate of drug-likeness (QED) is 0.922. The predicted molar refractivity (Wildman–Crippen MR) is 97.7 cm³/mol. The van der Waals surface area contributed by atoms with E-state index in [4.69, 9.17) is 0 Å². The van der Waals surface area contributed by atoms with Crippen molar-refractivity contribution in [1.29, 1.82) is 0 Å². The standard InChI is InChI=1S/C17H23N5OS/c1-3-17(4-2)11-21(9-10-24-17)16(23)20-14-5-7-15(8-6-14)22-13-18-12-19-22/h5-8,12-13H,3-4,9-11H2,1-2H3,(H,20,23). The second kappa shape index (κ2) is 7.25. The Morgan fingerprint density at radius 2 is 2.04 bits per heavy atom. The summed E-state index contributed by atoms with van der Waals surface area (Å²) in [5, 5.41) is 7.10. The summed E-state index contributed by atoms with van der Waals surface area (Å²) in [5.74, 6) is 1.00. The third kappa shape index (κ3) is 3.56. The molecule has 1 fully saturated rings. The number of thioether (sulfide) groups is 1. The lowest BCUT2D eigenvalue weighted by atomic mass is 10.0. The molecular formula is C17H23N5OS. The number of anilines is 1. The summed E-state index contributed by atoms with van der Waals surface area (Å²) in [6, 6.07) is 7.59. The third-order valence-corrected chi connectivity index (χ3v) is 6.33. The normalized spacial score (nSPS) is 16.8. The molecule has 3 rings (SSSR count). The molecule has 0 radical (unpaired) electrons. The van der Waals surface area contributed by atoms with E-state index < -0.39 is 0 Å². The summed E-state index contributed by atoms with van der Waals surface area (Å²) >= 11 is 2.00. The van der Waals surface area contributed by atoms with Crippen LogP contribution in [0.25, 0.3) is 5.69 Å². The minimum absolute atomic E-state index is 0.0184. The summed E-state index contributed by atoms with van der Waals surface area (Å²) in [6.45, 7) is 6.03. The minimum Gasteiger partial charge on any atom is -0.322 e. The molecule has 1 aliphatic heterocycles. The van der Waals surface area contributed by atoms with Crippen LogP contribution in [0.4, 0.5) is 10.5 Å². The number of nitrogens with one attached hydrogen (secondary N) is 1. The molecule has 6 nitrogen and oxygen atoms in total. The summed E-state index contributed by atoms with van der Waals surface area (Å²) in [7, 11) is 0. The second-order valence-electron chi connectivity index (χ2n) is 5.98. The van der Waals surface area contributed by atoms with Gasteiger partial charge in [-0.25, -0.2) is 14.5 Å². The van der Waals surface area contributed by atoms with E-state index in [2.05, 4.69) is 29.2 Å². The van der Waals surface area contributed by atoms with E-state index in [0.29, 0.717) is 0 Å². The SMILES string of the molecule is CCC1(CC)CN(C(=O)Nc2ccc(-n3cncn3)cc2)CCS1. The fourth-order valence-corrected chi connectivity index (χ4v) is 4.34. The lowest BCUT2D eigenvalue weighted by molar-refractivity contribution is 0.204. The number of carbonyl (C=O) groups excluding carboxylic acids is 1. The Morgan fingerprint density at radius 1 is 1.29 bits per heavy atom. The Morgan fingerprint density at radius 3 is 2.67 bits per heavy atom. The molecule has 0 spiro atoms. The maximum absolute atomic E-state index is 12.6. The number of amides is 2. The summed E-state index contributed by atoms with van der Waals surface area (Å²) in [4.78, 5) is 18.5. The monoisotopic (exact) mass is 345 g/mol. The van der Waals surface area contributed by atoms with Crippen LogP contribution in [-0.2, 0) is 0 Å². The lowest BCUT2D eigenvalue weighted by Gasteiger charge is -2.41. The van der Waals surface area contributed by atoms with Crippen LogP contribution in [0, 0.1) is 0 Å². The van der Waals surface area contributed by atoms with Gasteiger partial charge in [-0.3, -0.25) is 0 Å². The number of carbonyl (C=O) groups is 1. The molecular weight excluding hydrogens is 322 g/mol. The molecule has 24 heavy (non-hydrogen) atoms. The number of rotatable bonds is 4. The molecule has 128 valence electrons. The summed E-state index contributed by atoms with van der Waals surface area (Å²) in [5.41, 5.74) is 1.71. The van der Waals surface area contributed by atoms with Crippen LogP contribution >= 0.6 is 11.8 Å². The lowest BCUT2D eigenvalue weighted by Crippen LogP contribution is -2.49. The van der Waals surface area contributed by atoms with Crippen molar-refractivity contribution >= 4 is 23.5 Å². The number of urea groups is 1. The van der Waals surface area contributed by atoms with E-state index in [-0.39, 0.29) is 10.8 Å². The number of hydrogen-bond acceptors (Lipinski definition) is 4. The van der Waals surface area contributed by atoms with E-state index in [0.717, 1.165) is 43.1 Å². The molecule has 1 N–H and O–H groups in total. The molecule has 0 unspecified atom stereocenters. The highest BCUT2D eigenvalue weighted by Gasteiger charge is 2.34. The average molecular weight is 345 g/mol.